The topological polar surface area (TPSA) is 106 Å². The van der Waals surface area contributed by atoms with E-state index in [1.54, 1.807) is 13.0 Å². The molecule has 10 heteroatoms. The lowest BCUT2D eigenvalue weighted by Crippen LogP contribution is -2.21. The molecule has 0 bridgehead atoms. The zero-order valence-corrected chi connectivity index (χ0v) is 19.3. The fourth-order valence-electron chi connectivity index (χ4n) is 3.28. The molecule has 0 unspecified atom stereocenters. The quantitative estimate of drug-likeness (QED) is 0.292. The van der Waals surface area contributed by atoms with E-state index in [1.807, 2.05) is 23.7 Å². The number of benzene rings is 2. The Morgan fingerprint density at radius 3 is 2.47 bits per heavy atom. The number of hydrogen-bond acceptors (Lipinski definition) is 7. The van der Waals surface area contributed by atoms with Crippen molar-refractivity contribution in [2.75, 3.05) is 29.1 Å². The standard InChI is InChI=1S/C22H26N6O3S/c1-5-27(6-2)17-11-8-16(9-12-17)21-24-25-22(26(21)4)32-14-20(29)23-19-13-18(28(30)31)10-7-15(19)3/h7-13H,5-6,14H2,1-4H3,(H,23,29). The van der Waals surface area contributed by atoms with Crippen LogP contribution < -0.4 is 10.2 Å². The van der Waals surface area contributed by atoms with Crippen LogP contribution >= 0.6 is 11.8 Å². The van der Waals surface area contributed by atoms with Gasteiger partial charge in [0.2, 0.25) is 5.91 Å². The van der Waals surface area contributed by atoms with Gasteiger partial charge in [0.05, 0.1) is 16.4 Å². The van der Waals surface area contributed by atoms with E-state index in [0.717, 1.165) is 29.9 Å². The number of rotatable bonds is 9. The summed E-state index contributed by atoms with van der Waals surface area (Å²) in [5.74, 6) is 0.551. The number of hydrogen-bond donors (Lipinski definition) is 1. The van der Waals surface area contributed by atoms with Gasteiger partial charge in [-0.15, -0.1) is 10.2 Å². The Morgan fingerprint density at radius 1 is 1.16 bits per heavy atom. The Kier molecular flexibility index (Phi) is 7.47. The predicted octanol–water partition coefficient (Wildman–Crippen LogP) is 4.28. The second-order valence-electron chi connectivity index (χ2n) is 7.18. The molecular formula is C22H26N6O3S. The van der Waals surface area contributed by atoms with Gasteiger partial charge in [-0.25, -0.2) is 0 Å². The molecule has 2 aromatic carbocycles. The van der Waals surface area contributed by atoms with Gasteiger partial charge in [-0.05, 0) is 50.6 Å². The van der Waals surface area contributed by atoms with Crippen molar-refractivity contribution < 1.29 is 9.72 Å². The predicted molar refractivity (Wildman–Crippen MR) is 127 cm³/mol. The number of amides is 1. The number of aryl methyl sites for hydroxylation is 1. The van der Waals surface area contributed by atoms with Gasteiger partial charge in [0.15, 0.2) is 11.0 Å². The summed E-state index contributed by atoms with van der Waals surface area (Å²) >= 11 is 1.26. The molecule has 0 radical (unpaired) electrons. The Balaban J connectivity index is 1.66. The Bertz CT molecular complexity index is 1110. The molecule has 3 aromatic rings. The molecule has 0 saturated heterocycles. The third-order valence-electron chi connectivity index (χ3n) is 5.13. The number of nitro groups is 1. The van der Waals surface area contributed by atoms with Crippen LogP contribution in [0.4, 0.5) is 17.1 Å². The molecule has 0 spiro atoms. The van der Waals surface area contributed by atoms with Crippen molar-refractivity contribution in [3.63, 3.8) is 0 Å². The minimum atomic E-state index is -0.487. The molecular weight excluding hydrogens is 428 g/mol. The normalized spacial score (nSPS) is 10.8. The van der Waals surface area contributed by atoms with Crippen LogP contribution in [0.1, 0.15) is 19.4 Å². The number of thioether (sulfide) groups is 1. The molecule has 0 saturated carbocycles. The highest BCUT2D eigenvalue weighted by molar-refractivity contribution is 7.99. The van der Waals surface area contributed by atoms with Crippen LogP contribution in [0.5, 0.6) is 0 Å². The number of nitro benzene ring substituents is 1. The average molecular weight is 455 g/mol. The Hall–Kier alpha value is -3.40. The monoisotopic (exact) mass is 454 g/mol. The third-order valence-corrected chi connectivity index (χ3v) is 6.15. The molecule has 1 aromatic heterocycles. The van der Waals surface area contributed by atoms with E-state index in [4.69, 9.17) is 0 Å². The molecule has 168 valence electrons. The smallest absolute Gasteiger partial charge is 0.271 e. The van der Waals surface area contributed by atoms with Crippen molar-refractivity contribution in [3.8, 4) is 11.4 Å². The molecule has 9 nitrogen and oxygen atoms in total. The molecule has 1 heterocycles. The third kappa shape index (κ3) is 5.25. The molecule has 1 amide bonds. The number of anilines is 2. The fourth-order valence-corrected chi connectivity index (χ4v) is 3.99. The number of aromatic nitrogens is 3. The second kappa shape index (κ2) is 10.3. The maximum Gasteiger partial charge on any atom is 0.271 e. The van der Waals surface area contributed by atoms with E-state index in [9.17, 15) is 14.9 Å². The number of nitrogens with one attached hydrogen (secondary N) is 1. The van der Waals surface area contributed by atoms with Gasteiger partial charge < -0.3 is 14.8 Å². The Labute approximate surface area is 191 Å². The first-order valence-electron chi connectivity index (χ1n) is 10.3. The van der Waals surface area contributed by atoms with Crippen LogP contribution in [0.3, 0.4) is 0 Å². The van der Waals surface area contributed by atoms with Crippen molar-refractivity contribution in [1.82, 2.24) is 14.8 Å². The summed E-state index contributed by atoms with van der Waals surface area (Å²) in [6.07, 6.45) is 0. The number of carbonyl (C=O) groups excluding carboxylic acids is 1. The van der Waals surface area contributed by atoms with Crippen LogP contribution in [0.25, 0.3) is 11.4 Å². The van der Waals surface area contributed by atoms with E-state index in [1.165, 1.54) is 23.9 Å². The first-order chi connectivity index (χ1) is 15.3. The van der Waals surface area contributed by atoms with Gasteiger partial charge in [-0.3, -0.25) is 14.9 Å². The zero-order valence-electron chi connectivity index (χ0n) is 18.5. The van der Waals surface area contributed by atoms with Gasteiger partial charge in [0, 0.05) is 43.5 Å². The molecule has 0 fully saturated rings. The molecule has 0 aliphatic heterocycles. The minimum Gasteiger partial charge on any atom is -0.372 e. The van der Waals surface area contributed by atoms with Gasteiger partial charge in [0.1, 0.15) is 0 Å². The summed E-state index contributed by atoms with van der Waals surface area (Å²) in [6, 6.07) is 12.6. The van der Waals surface area contributed by atoms with Gasteiger partial charge in [-0.1, -0.05) is 17.8 Å². The van der Waals surface area contributed by atoms with E-state index in [0.29, 0.717) is 16.7 Å². The van der Waals surface area contributed by atoms with Crippen LogP contribution in [-0.2, 0) is 11.8 Å². The highest BCUT2D eigenvalue weighted by Gasteiger charge is 2.15. The lowest BCUT2D eigenvalue weighted by Gasteiger charge is -2.21. The maximum absolute atomic E-state index is 12.4. The van der Waals surface area contributed by atoms with Crippen LogP contribution in [0.2, 0.25) is 0 Å². The summed E-state index contributed by atoms with van der Waals surface area (Å²) in [6.45, 7) is 7.92. The van der Waals surface area contributed by atoms with Crippen LogP contribution in [0.15, 0.2) is 47.6 Å². The molecule has 32 heavy (non-hydrogen) atoms. The fraction of sp³-hybridized carbons (Fsp3) is 0.318. The molecule has 1 N–H and O–H groups in total. The number of nitrogens with zero attached hydrogens (tertiary/aromatic N) is 5. The molecule has 3 rings (SSSR count). The summed E-state index contributed by atoms with van der Waals surface area (Å²) in [7, 11) is 1.86. The van der Waals surface area contributed by atoms with Crippen molar-refractivity contribution >= 4 is 34.7 Å². The van der Waals surface area contributed by atoms with E-state index in [-0.39, 0.29) is 17.3 Å². The van der Waals surface area contributed by atoms with E-state index >= 15 is 0 Å². The van der Waals surface area contributed by atoms with Crippen molar-refractivity contribution in [2.45, 2.75) is 25.9 Å². The first kappa shape index (κ1) is 23.3. The summed E-state index contributed by atoms with van der Waals surface area (Å²) < 4.78 is 1.85. The second-order valence-corrected chi connectivity index (χ2v) is 8.12. The van der Waals surface area contributed by atoms with Gasteiger partial charge >= 0.3 is 0 Å². The van der Waals surface area contributed by atoms with Crippen molar-refractivity contribution in [2.24, 2.45) is 7.05 Å². The van der Waals surface area contributed by atoms with Crippen LogP contribution in [-0.4, -0.2) is 44.4 Å². The van der Waals surface area contributed by atoms with Crippen molar-refractivity contribution in [1.29, 1.82) is 0 Å². The SMILES string of the molecule is CCN(CC)c1ccc(-c2nnc(SCC(=O)Nc3cc([N+](=O)[O-])ccc3C)n2C)cc1. The molecule has 0 aliphatic carbocycles. The largest absolute Gasteiger partial charge is 0.372 e. The number of carbonyl (C=O) groups is 1. The lowest BCUT2D eigenvalue weighted by atomic mass is 10.2. The minimum absolute atomic E-state index is 0.0662. The summed E-state index contributed by atoms with van der Waals surface area (Å²) in [5, 5.41) is 22.8. The van der Waals surface area contributed by atoms with Crippen LogP contribution in [0, 0.1) is 17.0 Å². The Morgan fingerprint density at radius 2 is 1.84 bits per heavy atom. The highest BCUT2D eigenvalue weighted by Crippen LogP contribution is 2.26. The number of non-ortho nitro benzene ring substituents is 1. The first-order valence-corrected chi connectivity index (χ1v) is 11.2. The molecule has 0 atom stereocenters. The van der Waals surface area contributed by atoms with Gasteiger partial charge in [-0.2, -0.15) is 0 Å². The molecule has 0 aliphatic rings. The average Bonchev–Trinajstić information content (AvgIpc) is 3.15. The van der Waals surface area contributed by atoms with Crippen molar-refractivity contribution in [3.05, 3.63) is 58.1 Å². The summed E-state index contributed by atoms with van der Waals surface area (Å²) in [5.41, 5.74) is 3.21. The van der Waals surface area contributed by atoms with Gasteiger partial charge in [0.25, 0.3) is 5.69 Å². The van der Waals surface area contributed by atoms with E-state index in [2.05, 4.69) is 46.4 Å². The summed E-state index contributed by atoms with van der Waals surface area (Å²) in [4.78, 5) is 25.2. The maximum atomic E-state index is 12.4. The lowest BCUT2D eigenvalue weighted by molar-refractivity contribution is -0.384. The zero-order chi connectivity index (χ0) is 23.3. The van der Waals surface area contributed by atoms with E-state index < -0.39 is 4.92 Å². The highest BCUT2D eigenvalue weighted by atomic mass is 32.2.